The van der Waals surface area contributed by atoms with Gasteiger partial charge in [0.2, 0.25) is 0 Å². The van der Waals surface area contributed by atoms with Crippen LogP contribution in [-0.4, -0.2) is 5.78 Å². The van der Waals surface area contributed by atoms with Gasteiger partial charge in [-0.1, -0.05) is 98.7 Å². The topological polar surface area (TPSA) is 17.1 Å². The average molecular weight is 543 g/mol. The fourth-order valence-corrected chi connectivity index (χ4v) is 7.88. The summed E-state index contributed by atoms with van der Waals surface area (Å²) in [5.74, 6) is 0.644. The molecule has 0 saturated heterocycles. The second-order valence-electron chi connectivity index (χ2n) is 12.6. The lowest BCUT2D eigenvalue weighted by Gasteiger charge is -2.25. The third kappa shape index (κ3) is 5.64. The first-order valence-corrected chi connectivity index (χ1v) is 16.4. The van der Waals surface area contributed by atoms with Crippen molar-refractivity contribution < 1.29 is 4.79 Å². The zero-order valence-corrected chi connectivity index (χ0v) is 26.4. The Labute approximate surface area is 247 Å². The number of allylic oxidation sites excluding steroid dienone is 1. The van der Waals surface area contributed by atoms with Crippen LogP contribution in [0.4, 0.5) is 0 Å². The summed E-state index contributed by atoms with van der Waals surface area (Å²) in [6.45, 7) is 17.8. The molecule has 0 N–H and O–H groups in total. The standard InChI is InChI=1S/C18H24O.C18H24.C2H6.CH4/c1-4-12-9-15-14(17(12)19)8-7-13-10-18(5-2,6-3)11-16(13)15;1-4-13-9-14-7-8-15-11-18(5-2,6-3)12-17(15)16(14)10-13;1-2;/h7-8,12H,4-6,9-11H2,1-3H3;7-9H,4-6,10-12H2,1-3H3;1-2H3;1H4. The summed E-state index contributed by atoms with van der Waals surface area (Å²) < 4.78 is 0. The molecule has 1 nitrogen and oxygen atoms in total. The SMILES string of the molecule is C.CC.CCC1=Cc2ccc3c(c2C1)CC(CC)(CC)C3.CCC1Cc2c(ccc3c2CC(CC)(CC)C3)C1=O. The molecular formula is C39H58O. The van der Waals surface area contributed by atoms with E-state index >= 15 is 0 Å². The highest BCUT2D eigenvalue weighted by molar-refractivity contribution is 6.02. The van der Waals surface area contributed by atoms with Crippen LogP contribution in [0.15, 0.2) is 29.8 Å². The molecule has 0 aromatic heterocycles. The number of Topliss-reactive ketones (excluding diaryl/α,β-unsaturated/α-hetero) is 1. The number of rotatable bonds is 6. The second-order valence-corrected chi connectivity index (χ2v) is 12.6. The Kier molecular flexibility index (Phi) is 10.7. The van der Waals surface area contributed by atoms with Crippen LogP contribution in [0.25, 0.3) is 6.08 Å². The van der Waals surface area contributed by atoms with Crippen LogP contribution in [0.3, 0.4) is 0 Å². The summed E-state index contributed by atoms with van der Waals surface area (Å²) in [6, 6.07) is 9.10. The molecule has 2 aromatic carbocycles. The molecule has 0 heterocycles. The first-order valence-electron chi connectivity index (χ1n) is 16.4. The number of ketones is 1. The fraction of sp³-hybridized carbons (Fsp3) is 0.615. The number of fused-ring (bicyclic) bond motifs is 6. The third-order valence-electron chi connectivity index (χ3n) is 11.1. The lowest BCUT2D eigenvalue weighted by atomic mass is 9.79. The maximum Gasteiger partial charge on any atom is 0.166 e. The number of hydrogen-bond donors (Lipinski definition) is 0. The normalized spacial score (nSPS) is 20.1. The first-order chi connectivity index (χ1) is 18.8. The Morgan fingerprint density at radius 2 is 1.23 bits per heavy atom. The molecule has 0 radical (unpaired) electrons. The Morgan fingerprint density at radius 3 is 1.73 bits per heavy atom. The molecule has 0 amide bonds. The van der Waals surface area contributed by atoms with Crippen LogP contribution in [0.1, 0.15) is 151 Å². The van der Waals surface area contributed by atoms with E-state index in [-0.39, 0.29) is 13.3 Å². The number of hydrogen-bond acceptors (Lipinski definition) is 1. The van der Waals surface area contributed by atoms with Crippen molar-refractivity contribution in [2.24, 2.45) is 16.7 Å². The van der Waals surface area contributed by atoms with Crippen molar-refractivity contribution in [1.82, 2.24) is 0 Å². The molecule has 0 bridgehead atoms. The number of carbonyl (C=O) groups is 1. The molecule has 0 spiro atoms. The Bertz CT molecular complexity index is 1220. The van der Waals surface area contributed by atoms with Crippen molar-refractivity contribution in [1.29, 1.82) is 0 Å². The molecule has 0 fully saturated rings. The van der Waals surface area contributed by atoms with Crippen LogP contribution in [-0.2, 0) is 38.5 Å². The molecule has 2 aromatic rings. The fourth-order valence-electron chi connectivity index (χ4n) is 7.88. The van der Waals surface area contributed by atoms with E-state index in [1.165, 1.54) is 86.5 Å². The highest BCUT2D eigenvalue weighted by Crippen LogP contribution is 2.47. The van der Waals surface area contributed by atoms with E-state index in [2.05, 4.69) is 71.9 Å². The van der Waals surface area contributed by atoms with E-state index in [1.807, 2.05) is 13.8 Å². The van der Waals surface area contributed by atoms with Gasteiger partial charge in [0.15, 0.2) is 5.78 Å². The van der Waals surface area contributed by atoms with Crippen molar-refractivity contribution >= 4 is 11.9 Å². The maximum absolute atomic E-state index is 12.3. The van der Waals surface area contributed by atoms with E-state index in [0.717, 1.165) is 18.4 Å². The van der Waals surface area contributed by atoms with Gasteiger partial charge >= 0.3 is 0 Å². The average Bonchev–Trinajstić information content (AvgIpc) is 3.75. The van der Waals surface area contributed by atoms with Crippen LogP contribution >= 0.6 is 0 Å². The highest BCUT2D eigenvalue weighted by atomic mass is 16.1. The number of carbonyl (C=O) groups excluding carboxylic acids is 1. The summed E-state index contributed by atoms with van der Waals surface area (Å²) in [7, 11) is 0. The summed E-state index contributed by atoms with van der Waals surface area (Å²) in [6.07, 6.45) is 17.0. The monoisotopic (exact) mass is 542 g/mol. The molecule has 6 rings (SSSR count). The molecule has 4 aliphatic rings. The van der Waals surface area contributed by atoms with Gasteiger partial charge in [0, 0.05) is 11.5 Å². The zero-order valence-electron chi connectivity index (χ0n) is 26.4. The minimum Gasteiger partial charge on any atom is -0.294 e. The van der Waals surface area contributed by atoms with Gasteiger partial charge < -0.3 is 0 Å². The second kappa shape index (κ2) is 13.2. The smallest absolute Gasteiger partial charge is 0.166 e. The van der Waals surface area contributed by atoms with Gasteiger partial charge in [-0.25, -0.2) is 0 Å². The van der Waals surface area contributed by atoms with Crippen molar-refractivity contribution in [2.45, 2.75) is 140 Å². The Hall–Kier alpha value is -2.15. The molecule has 0 aliphatic heterocycles. The summed E-state index contributed by atoms with van der Waals surface area (Å²) >= 11 is 0. The van der Waals surface area contributed by atoms with Crippen LogP contribution < -0.4 is 0 Å². The van der Waals surface area contributed by atoms with E-state index in [9.17, 15) is 4.79 Å². The summed E-state index contributed by atoms with van der Waals surface area (Å²) in [5.41, 5.74) is 14.6. The van der Waals surface area contributed by atoms with Crippen molar-refractivity contribution in [2.75, 3.05) is 0 Å². The zero-order chi connectivity index (χ0) is 28.4. The van der Waals surface area contributed by atoms with Crippen molar-refractivity contribution in [3.8, 4) is 0 Å². The lowest BCUT2D eigenvalue weighted by Crippen LogP contribution is -2.18. The molecule has 1 atom stereocenters. The summed E-state index contributed by atoms with van der Waals surface area (Å²) in [5, 5.41) is 0. The third-order valence-corrected chi connectivity index (χ3v) is 11.1. The van der Waals surface area contributed by atoms with Crippen LogP contribution in [0.5, 0.6) is 0 Å². The molecule has 4 aliphatic carbocycles. The van der Waals surface area contributed by atoms with Crippen LogP contribution in [0, 0.1) is 16.7 Å². The minimum atomic E-state index is 0. The van der Waals surface area contributed by atoms with Gasteiger partial charge in [0.1, 0.15) is 0 Å². The molecule has 1 heteroatoms. The van der Waals surface area contributed by atoms with Gasteiger partial charge in [-0.2, -0.15) is 0 Å². The van der Waals surface area contributed by atoms with Gasteiger partial charge in [-0.05, 0) is 127 Å². The van der Waals surface area contributed by atoms with Gasteiger partial charge in [-0.3, -0.25) is 4.79 Å². The van der Waals surface area contributed by atoms with E-state index in [0.29, 0.717) is 16.6 Å². The van der Waals surface area contributed by atoms with Gasteiger partial charge in [0.05, 0.1) is 0 Å². The van der Waals surface area contributed by atoms with Crippen molar-refractivity contribution in [3.63, 3.8) is 0 Å². The van der Waals surface area contributed by atoms with E-state index < -0.39 is 0 Å². The molecule has 0 saturated carbocycles. The van der Waals surface area contributed by atoms with E-state index in [4.69, 9.17) is 0 Å². The molecule has 40 heavy (non-hydrogen) atoms. The predicted octanol–water partition coefficient (Wildman–Crippen LogP) is 11.0. The quantitative estimate of drug-likeness (QED) is 0.355. The molecule has 220 valence electrons. The van der Waals surface area contributed by atoms with Crippen LogP contribution in [0.2, 0.25) is 0 Å². The van der Waals surface area contributed by atoms with E-state index in [1.54, 1.807) is 22.3 Å². The largest absolute Gasteiger partial charge is 0.294 e. The van der Waals surface area contributed by atoms with Gasteiger partial charge in [-0.15, -0.1) is 0 Å². The Balaban J connectivity index is 0.000000203. The Morgan fingerprint density at radius 1 is 0.700 bits per heavy atom. The maximum atomic E-state index is 12.3. The molecule has 1 unspecified atom stereocenters. The minimum absolute atomic E-state index is 0. The first kappa shape index (κ1) is 32.4. The highest BCUT2D eigenvalue weighted by Gasteiger charge is 2.40. The van der Waals surface area contributed by atoms with Gasteiger partial charge in [0.25, 0.3) is 0 Å². The molecular weight excluding hydrogens is 484 g/mol. The number of benzene rings is 2. The predicted molar refractivity (Wildman–Crippen MR) is 176 cm³/mol. The van der Waals surface area contributed by atoms with Crippen molar-refractivity contribution in [3.05, 3.63) is 74.3 Å². The lowest BCUT2D eigenvalue weighted by molar-refractivity contribution is 0.0934. The summed E-state index contributed by atoms with van der Waals surface area (Å²) in [4.78, 5) is 12.3.